The minimum atomic E-state index is -1.28. The first kappa shape index (κ1) is 23.8. The van der Waals surface area contributed by atoms with E-state index in [0.29, 0.717) is 18.4 Å². The van der Waals surface area contributed by atoms with Gasteiger partial charge in [0.15, 0.2) is 5.78 Å². The standard InChI is InChI=1S/C28H38O7/c1-14-11-22(34-24(32)15(14)2)26(4,33)19-6-5-18-16-12-23-28(35-23)21(31)8-7-20(30)25(28,3)17(16)9-10-27(18,19)13-29/h7-8,16-19,21-23,29,31,33H,5-6,9-13H2,1-4H3/t16-,17+,18+,19-,21+,22?,23-,25+,26-,27-,28-/m1/s1. The van der Waals surface area contributed by atoms with Crippen LogP contribution in [0.5, 0.6) is 0 Å². The van der Waals surface area contributed by atoms with Crippen molar-refractivity contribution in [2.45, 2.75) is 95.7 Å². The number of allylic oxidation sites excluding steroid dienone is 1. The van der Waals surface area contributed by atoms with E-state index in [4.69, 9.17) is 9.47 Å². The number of aliphatic hydroxyl groups is 3. The summed E-state index contributed by atoms with van der Waals surface area (Å²) >= 11 is 0. The molecule has 7 nitrogen and oxygen atoms in total. The molecule has 1 spiro atoms. The fraction of sp³-hybridized carbons (Fsp3) is 0.786. The van der Waals surface area contributed by atoms with E-state index in [9.17, 15) is 24.9 Å². The second kappa shape index (κ2) is 7.27. The first-order valence-electron chi connectivity index (χ1n) is 13.2. The van der Waals surface area contributed by atoms with Crippen LogP contribution in [0, 0.1) is 34.5 Å². The van der Waals surface area contributed by atoms with E-state index in [-0.39, 0.29) is 48.1 Å². The average Bonchev–Trinajstić information content (AvgIpc) is 3.43. The van der Waals surface area contributed by atoms with Crippen LogP contribution >= 0.6 is 0 Å². The highest BCUT2D eigenvalue weighted by molar-refractivity contribution is 5.98. The Kier molecular flexibility index (Phi) is 4.95. The third-order valence-electron chi connectivity index (χ3n) is 11.7. The van der Waals surface area contributed by atoms with Crippen LogP contribution in [0.25, 0.3) is 0 Å². The first-order valence-corrected chi connectivity index (χ1v) is 13.2. The van der Waals surface area contributed by atoms with E-state index in [2.05, 4.69) is 0 Å². The summed E-state index contributed by atoms with van der Waals surface area (Å²) in [4.78, 5) is 25.8. The minimum absolute atomic E-state index is 0.0322. The summed E-state index contributed by atoms with van der Waals surface area (Å²) < 4.78 is 11.9. The van der Waals surface area contributed by atoms with Gasteiger partial charge in [0.2, 0.25) is 0 Å². The monoisotopic (exact) mass is 486 g/mol. The molecule has 6 aliphatic rings. The van der Waals surface area contributed by atoms with Gasteiger partial charge < -0.3 is 24.8 Å². The Hall–Kier alpha value is -1.54. The van der Waals surface area contributed by atoms with Crippen molar-refractivity contribution in [2.24, 2.45) is 34.5 Å². The number of rotatable bonds is 3. The van der Waals surface area contributed by atoms with Crippen LogP contribution in [-0.2, 0) is 19.1 Å². The number of hydrogen-bond donors (Lipinski definition) is 3. The third kappa shape index (κ3) is 2.71. The Morgan fingerprint density at radius 3 is 2.60 bits per heavy atom. The Morgan fingerprint density at radius 2 is 1.91 bits per heavy atom. The summed E-state index contributed by atoms with van der Waals surface area (Å²) in [6, 6.07) is 0. The predicted octanol–water partition coefficient (Wildman–Crippen LogP) is 2.47. The highest BCUT2D eigenvalue weighted by Gasteiger charge is 2.80. The molecule has 1 saturated heterocycles. The molecule has 2 heterocycles. The number of hydrogen-bond acceptors (Lipinski definition) is 7. The van der Waals surface area contributed by atoms with E-state index in [1.807, 2.05) is 13.8 Å². The molecule has 192 valence electrons. The molecule has 0 amide bonds. The zero-order chi connectivity index (χ0) is 25.1. The summed E-state index contributed by atoms with van der Waals surface area (Å²) in [6.45, 7) is 7.38. The molecule has 4 aliphatic carbocycles. The quantitative estimate of drug-likeness (QED) is 0.414. The van der Waals surface area contributed by atoms with Crippen molar-refractivity contribution in [1.29, 1.82) is 0 Å². The second-order valence-corrected chi connectivity index (χ2v) is 12.7. The summed E-state index contributed by atoms with van der Waals surface area (Å²) in [5.74, 6) is -0.202. The third-order valence-corrected chi connectivity index (χ3v) is 11.7. The fourth-order valence-corrected chi connectivity index (χ4v) is 9.60. The zero-order valence-corrected chi connectivity index (χ0v) is 21.1. The summed E-state index contributed by atoms with van der Waals surface area (Å²) in [5.41, 5.74) is -1.84. The van der Waals surface area contributed by atoms with Crippen LogP contribution in [0.3, 0.4) is 0 Å². The normalized spacial score (nSPS) is 52.1. The number of cyclic esters (lactones) is 1. The maximum absolute atomic E-state index is 13.3. The Balaban J connectivity index is 1.34. The van der Waals surface area contributed by atoms with Crippen molar-refractivity contribution in [3.05, 3.63) is 23.3 Å². The highest BCUT2D eigenvalue weighted by Crippen LogP contribution is 2.73. The minimum Gasteiger partial charge on any atom is -0.456 e. The molecular formula is C28H38O7. The molecule has 35 heavy (non-hydrogen) atoms. The van der Waals surface area contributed by atoms with Gasteiger partial charge in [-0.3, -0.25) is 4.79 Å². The van der Waals surface area contributed by atoms with E-state index < -0.39 is 34.2 Å². The molecule has 0 aromatic heterocycles. The number of esters is 1. The molecular weight excluding hydrogens is 448 g/mol. The Labute approximate surface area is 206 Å². The second-order valence-electron chi connectivity index (χ2n) is 12.7. The van der Waals surface area contributed by atoms with Gasteiger partial charge in [0.1, 0.15) is 23.4 Å². The molecule has 3 N–H and O–H groups in total. The van der Waals surface area contributed by atoms with Crippen molar-refractivity contribution in [1.82, 2.24) is 0 Å². The van der Waals surface area contributed by atoms with Crippen LogP contribution in [-0.4, -0.2) is 63.2 Å². The number of carbonyl (C=O) groups excluding carboxylic acids is 2. The maximum Gasteiger partial charge on any atom is 0.334 e. The molecule has 0 bridgehead atoms. The SMILES string of the molecule is CC1=C(C)C(=O)OC([C@](C)(O)[C@H]2CC[C@H]3[C@@H]4C[C@H]5O[C@]56[C@@H](O)C=CC(=O)[C@]6(C)[C@H]4CC[C@@]32CO)C1. The lowest BCUT2D eigenvalue weighted by Gasteiger charge is -2.59. The van der Waals surface area contributed by atoms with Gasteiger partial charge in [-0.1, -0.05) is 5.57 Å². The van der Waals surface area contributed by atoms with E-state index in [0.717, 1.165) is 31.3 Å². The van der Waals surface area contributed by atoms with Gasteiger partial charge in [-0.05, 0) is 95.6 Å². The average molecular weight is 487 g/mol. The van der Waals surface area contributed by atoms with Crippen molar-refractivity contribution in [3.63, 3.8) is 0 Å². The number of aliphatic hydroxyl groups excluding tert-OH is 2. The van der Waals surface area contributed by atoms with Gasteiger partial charge in [-0.15, -0.1) is 0 Å². The molecule has 0 aromatic rings. The number of epoxide rings is 1. The van der Waals surface area contributed by atoms with Crippen molar-refractivity contribution < 1.29 is 34.4 Å². The van der Waals surface area contributed by atoms with Crippen LogP contribution in [0.15, 0.2) is 23.3 Å². The predicted molar refractivity (Wildman–Crippen MR) is 126 cm³/mol. The lowest BCUT2D eigenvalue weighted by atomic mass is 9.44. The molecule has 11 atom stereocenters. The van der Waals surface area contributed by atoms with E-state index in [1.54, 1.807) is 19.9 Å². The van der Waals surface area contributed by atoms with Gasteiger partial charge in [0.05, 0.1) is 11.5 Å². The number of fused-ring (bicyclic) bond motifs is 4. The lowest BCUT2D eigenvalue weighted by Crippen LogP contribution is -2.65. The summed E-state index contributed by atoms with van der Waals surface area (Å²) in [7, 11) is 0. The number of ether oxygens (including phenoxy) is 2. The van der Waals surface area contributed by atoms with Gasteiger partial charge in [0, 0.05) is 24.0 Å². The lowest BCUT2D eigenvalue weighted by molar-refractivity contribution is -0.192. The van der Waals surface area contributed by atoms with Gasteiger partial charge >= 0.3 is 5.97 Å². The van der Waals surface area contributed by atoms with Gasteiger partial charge in [-0.25, -0.2) is 4.79 Å². The van der Waals surface area contributed by atoms with Crippen molar-refractivity contribution in [2.75, 3.05) is 6.61 Å². The molecule has 7 heteroatoms. The fourth-order valence-electron chi connectivity index (χ4n) is 9.60. The van der Waals surface area contributed by atoms with E-state index >= 15 is 0 Å². The van der Waals surface area contributed by atoms with Crippen LogP contribution in [0.4, 0.5) is 0 Å². The molecule has 6 rings (SSSR count). The Bertz CT molecular complexity index is 1040. The summed E-state index contributed by atoms with van der Waals surface area (Å²) in [5, 5.41) is 33.7. The molecule has 3 saturated carbocycles. The van der Waals surface area contributed by atoms with Gasteiger partial charge in [0.25, 0.3) is 0 Å². The summed E-state index contributed by atoms with van der Waals surface area (Å²) in [6.07, 6.45) is 5.78. The Morgan fingerprint density at radius 1 is 1.17 bits per heavy atom. The zero-order valence-electron chi connectivity index (χ0n) is 21.1. The molecule has 1 unspecified atom stereocenters. The largest absolute Gasteiger partial charge is 0.456 e. The van der Waals surface area contributed by atoms with Crippen LogP contribution < -0.4 is 0 Å². The number of carbonyl (C=O) groups is 2. The van der Waals surface area contributed by atoms with Crippen molar-refractivity contribution in [3.8, 4) is 0 Å². The maximum atomic E-state index is 13.3. The highest BCUT2D eigenvalue weighted by atomic mass is 16.6. The van der Waals surface area contributed by atoms with Crippen LogP contribution in [0.2, 0.25) is 0 Å². The topological polar surface area (TPSA) is 117 Å². The smallest absolute Gasteiger partial charge is 0.334 e. The van der Waals surface area contributed by atoms with Gasteiger partial charge in [-0.2, -0.15) is 0 Å². The van der Waals surface area contributed by atoms with Crippen molar-refractivity contribution >= 4 is 11.8 Å². The molecule has 0 aromatic carbocycles. The van der Waals surface area contributed by atoms with Crippen LogP contribution in [0.1, 0.15) is 66.2 Å². The number of ketones is 1. The molecule has 0 radical (unpaired) electrons. The van der Waals surface area contributed by atoms with E-state index in [1.165, 1.54) is 6.08 Å². The first-order chi connectivity index (χ1) is 16.4. The molecule has 4 fully saturated rings. The molecule has 2 aliphatic heterocycles.